The molecule has 3 aromatic rings. The molecule has 1 aliphatic rings. The standard InChI is InChI=1S/C25H27ClN2O5/c1-3-31-13-14-32-25(30)33-24-22(23(29)27-11-7-8-12-28(24)27)20-15-17(2)19(16-21(20)26)18-9-5-4-6-10-18/h4-6,9-10,15-16H,3,7-8,11-14H2,1-2H3. The van der Waals surface area contributed by atoms with Gasteiger partial charge >= 0.3 is 6.16 Å². The monoisotopic (exact) mass is 470 g/mol. The molecule has 7 nitrogen and oxygen atoms in total. The Morgan fingerprint density at radius 3 is 2.48 bits per heavy atom. The van der Waals surface area contributed by atoms with Crippen LogP contribution in [0.25, 0.3) is 22.3 Å². The number of rotatable bonds is 7. The van der Waals surface area contributed by atoms with Crippen molar-refractivity contribution in [3.8, 4) is 28.1 Å². The Morgan fingerprint density at radius 2 is 1.76 bits per heavy atom. The quantitative estimate of drug-likeness (QED) is 0.346. The summed E-state index contributed by atoms with van der Waals surface area (Å²) in [6.45, 7) is 5.82. The number of carbonyl (C=O) groups excluding carboxylic acids is 1. The van der Waals surface area contributed by atoms with Gasteiger partial charge in [0.05, 0.1) is 6.61 Å². The molecule has 4 rings (SSSR count). The van der Waals surface area contributed by atoms with Crippen molar-refractivity contribution in [2.24, 2.45) is 0 Å². The summed E-state index contributed by atoms with van der Waals surface area (Å²) in [5.41, 5.74) is 3.54. The third-order valence-electron chi connectivity index (χ3n) is 5.68. The topological polar surface area (TPSA) is 71.7 Å². The number of aryl methyl sites for hydroxylation is 1. The molecule has 0 saturated heterocycles. The summed E-state index contributed by atoms with van der Waals surface area (Å²) in [5, 5.41) is 0.412. The van der Waals surface area contributed by atoms with Gasteiger partial charge in [-0.05, 0) is 55.5 Å². The van der Waals surface area contributed by atoms with Crippen molar-refractivity contribution >= 4 is 17.8 Å². The first kappa shape index (κ1) is 23.1. The lowest BCUT2D eigenvalue weighted by Gasteiger charge is -2.18. The largest absolute Gasteiger partial charge is 0.515 e. The maximum Gasteiger partial charge on any atom is 0.515 e. The van der Waals surface area contributed by atoms with Crippen molar-refractivity contribution < 1.29 is 19.0 Å². The summed E-state index contributed by atoms with van der Waals surface area (Å²) < 4.78 is 19.2. The van der Waals surface area contributed by atoms with E-state index in [4.69, 9.17) is 25.8 Å². The van der Waals surface area contributed by atoms with Crippen LogP contribution in [-0.4, -0.2) is 35.3 Å². The molecule has 0 unspecified atom stereocenters. The van der Waals surface area contributed by atoms with Crippen molar-refractivity contribution in [3.63, 3.8) is 0 Å². The molecular weight excluding hydrogens is 444 g/mol. The van der Waals surface area contributed by atoms with Crippen LogP contribution in [0, 0.1) is 6.92 Å². The molecule has 0 saturated carbocycles. The van der Waals surface area contributed by atoms with Crippen molar-refractivity contribution in [3.05, 3.63) is 63.4 Å². The van der Waals surface area contributed by atoms with Crippen molar-refractivity contribution in [2.45, 2.75) is 39.8 Å². The lowest BCUT2D eigenvalue weighted by Crippen LogP contribution is -2.27. The summed E-state index contributed by atoms with van der Waals surface area (Å²) in [6.07, 6.45) is 0.876. The number of nitrogens with zero attached hydrogens (tertiary/aromatic N) is 2. The number of hydrogen-bond acceptors (Lipinski definition) is 5. The number of halogens is 1. The van der Waals surface area contributed by atoms with Crippen molar-refractivity contribution in [1.82, 2.24) is 9.36 Å². The first-order valence-corrected chi connectivity index (χ1v) is 11.5. The average molecular weight is 471 g/mol. The van der Waals surface area contributed by atoms with Gasteiger partial charge < -0.3 is 14.2 Å². The van der Waals surface area contributed by atoms with Gasteiger partial charge in [-0.15, -0.1) is 0 Å². The van der Waals surface area contributed by atoms with Gasteiger partial charge in [-0.2, -0.15) is 0 Å². The van der Waals surface area contributed by atoms with Gasteiger partial charge in [0.15, 0.2) is 0 Å². The highest BCUT2D eigenvalue weighted by Gasteiger charge is 2.28. The number of hydrogen-bond donors (Lipinski definition) is 0. The first-order chi connectivity index (χ1) is 16.0. The summed E-state index contributed by atoms with van der Waals surface area (Å²) in [6, 6.07) is 13.6. The van der Waals surface area contributed by atoms with Crippen LogP contribution in [0.4, 0.5) is 4.79 Å². The molecule has 0 bridgehead atoms. The number of aromatic nitrogens is 2. The molecule has 174 valence electrons. The minimum atomic E-state index is -0.879. The van der Waals surface area contributed by atoms with E-state index in [9.17, 15) is 9.59 Å². The van der Waals surface area contributed by atoms with Crippen molar-refractivity contribution in [2.75, 3.05) is 19.8 Å². The molecule has 8 heteroatoms. The highest BCUT2D eigenvalue weighted by molar-refractivity contribution is 6.33. The average Bonchev–Trinajstić information content (AvgIpc) is 3.10. The Balaban J connectivity index is 1.74. The molecular formula is C25H27ClN2O5. The minimum absolute atomic E-state index is 0.0680. The van der Waals surface area contributed by atoms with Crippen LogP contribution in [0.5, 0.6) is 5.88 Å². The predicted molar refractivity (Wildman–Crippen MR) is 127 cm³/mol. The van der Waals surface area contributed by atoms with E-state index in [1.165, 1.54) is 0 Å². The molecule has 1 aliphatic heterocycles. The highest BCUT2D eigenvalue weighted by atomic mass is 35.5. The Bertz CT molecular complexity index is 1200. The number of carbonyl (C=O) groups is 1. The van der Waals surface area contributed by atoms with Crippen LogP contribution < -0.4 is 10.3 Å². The molecule has 0 fully saturated rings. The van der Waals surface area contributed by atoms with E-state index in [0.717, 1.165) is 29.5 Å². The molecule has 2 aromatic carbocycles. The van der Waals surface area contributed by atoms with Crippen LogP contribution in [0.3, 0.4) is 0 Å². The van der Waals surface area contributed by atoms with E-state index >= 15 is 0 Å². The number of ether oxygens (including phenoxy) is 3. The van der Waals surface area contributed by atoms with E-state index in [1.807, 2.05) is 56.3 Å². The minimum Gasteiger partial charge on any atom is -0.431 e. The van der Waals surface area contributed by atoms with Crippen LogP contribution in [0.15, 0.2) is 47.3 Å². The van der Waals surface area contributed by atoms with Gasteiger partial charge in [0.25, 0.3) is 5.56 Å². The van der Waals surface area contributed by atoms with E-state index in [0.29, 0.717) is 30.3 Å². The smallest absolute Gasteiger partial charge is 0.431 e. The fraction of sp³-hybridized carbons (Fsp3) is 0.360. The van der Waals surface area contributed by atoms with E-state index in [2.05, 4.69) is 0 Å². The van der Waals surface area contributed by atoms with Crippen LogP contribution in [0.2, 0.25) is 5.02 Å². The van der Waals surface area contributed by atoms with E-state index in [1.54, 1.807) is 9.36 Å². The van der Waals surface area contributed by atoms with Gasteiger partial charge in [0.2, 0.25) is 5.88 Å². The Labute approximate surface area is 197 Å². The molecule has 0 radical (unpaired) electrons. The molecule has 0 spiro atoms. The maximum absolute atomic E-state index is 13.4. The van der Waals surface area contributed by atoms with Crippen molar-refractivity contribution in [1.29, 1.82) is 0 Å². The van der Waals surface area contributed by atoms with E-state index < -0.39 is 6.16 Å². The third kappa shape index (κ3) is 4.84. The van der Waals surface area contributed by atoms with Gasteiger partial charge in [-0.1, -0.05) is 41.9 Å². The molecule has 0 atom stereocenters. The second-order valence-electron chi connectivity index (χ2n) is 7.85. The zero-order valence-corrected chi connectivity index (χ0v) is 19.6. The molecule has 1 aromatic heterocycles. The van der Waals surface area contributed by atoms with E-state index in [-0.39, 0.29) is 30.2 Å². The van der Waals surface area contributed by atoms with Crippen LogP contribution in [-0.2, 0) is 22.6 Å². The summed E-state index contributed by atoms with van der Waals surface area (Å²) in [4.78, 5) is 25.8. The highest BCUT2D eigenvalue weighted by Crippen LogP contribution is 2.38. The second kappa shape index (κ2) is 10.3. The van der Waals surface area contributed by atoms with Gasteiger partial charge in [0, 0.05) is 30.3 Å². The van der Waals surface area contributed by atoms with Gasteiger partial charge in [-0.25, -0.2) is 9.48 Å². The zero-order valence-electron chi connectivity index (χ0n) is 18.8. The fourth-order valence-electron chi connectivity index (χ4n) is 4.11. The molecule has 0 N–H and O–H groups in total. The van der Waals surface area contributed by atoms with Crippen LogP contribution in [0.1, 0.15) is 25.3 Å². The fourth-order valence-corrected chi connectivity index (χ4v) is 4.37. The Hall–Kier alpha value is -3.03. The molecule has 0 aliphatic carbocycles. The van der Waals surface area contributed by atoms with Gasteiger partial charge in [-0.3, -0.25) is 9.48 Å². The first-order valence-electron chi connectivity index (χ1n) is 11.1. The number of fused-ring (bicyclic) bond motifs is 1. The molecule has 33 heavy (non-hydrogen) atoms. The maximum atomic E-state index is 13.4. The zero-order chi connectivity index (χ0) is 23.4. The predicted octanol–water partition coefficient (Wildman–Crippen LogP) is 5.29. The van der Waals surface area contributed by atoms with Gasteiger partial charge in [0.1, 0.15) is 12.2 Å². The lowest BCUT2D eigenvalue weighted by atomic mass is 9.96. The lowest BCUT2D eigenvalue weighted by molar-refractivity contribution is 0.0537. The van der Waals surface area contributed by atoms with Crippen LogP contribution >= 0.6 is 11.6 Å². The molecule has 0 amide bonds. The third-order valence-corrected chi connectivity index (χ3v) is 5.99. The second-order valence-corrected chi connectivity index (χ2v) is 8.26. The SMILES string of the molecule is CCOCCOC(=O)Oc1c(-c2cc(C)c(-c3ccccc3)cc2Cl)c(=O)n2n1CCCC2. The Kier molecular flexibility index (Phi) is 7.20. The summed E-state index contributed by atoms with van der Waals surface area (Å²) in [5.74, 6) is 0.162. The normalized spacial score (nSPS) is 12.9. The summed E-state index contributed by atoms with van der Waals surface area (Å²) >= 11 is 6.70. The Morgan fingerprint density at radius 1 is 1.03 bits per heavy atom. The molecule has 2 heterocycles. The summed E-state index contributed by atoms with van der Waals surface area (Å²) in [7, 11) is 0. The number of benzene rings is 2.